The van der Waals surface area contributed by atoms with E-state index in [0.29, 0.717) is 36.9 Å². The van der Waals surface area contributed by atoms with Crippen LogP contribution >= 0.6 is 11.6 Å². The Hall–Kier alpha value is -3.47. The first-order chi connectivity index (χ1) is 22.9. The topological polar surface area (TPSA) is 122 Å². The van der Waals surface area contributed by atoms with Crippen molar-refractivity contribution < 1.29 is 23.1 Å². The van der Waals surface area contributed by atoms with Gasteiger partial charge in [0.2, 0.25) is 10.0 Å². The van der Waals surface area contributed by atoms with Crippen LogP contribution in [0.1, 0.15) is 80.1 Å². The molecular formula is C37H45ClN4O5S. The minimum atomic E-state index is -3.82. The fraction of sp³-hybridized carbons (Fsp3) is 0.486. The molecule has 2 aliphatic carbocycles. The molecule has 256 valence electrons. The Bertz CT molecular complexity index is 1790. The van der Waals surface area contributed by atoms with Crippen LogP contribution in [0.3, 0.4) is 0 Å². The van der Waals surface area contributed by atoms with Crippen LogP contribution in [-0.2, 0) is 28.3 Å². The van der Waals surface area contributed by atoms with E-state index in [0.717, 1.165) is 49.9 Å². The number of anilines is 1. The molecule has 2 heterocycles. The van der Waals surface area contributed by atoms with Crippen molar-refractivity contribution in [3.63, 3.8) is 0 Å². The van der Waals surface area contributed by atoms with Gasteiger partial charge in [-0.15, -0.1) is 0 Å². The number of benzene rings is 2. The largest absolute Gasteiger partial charge is 0.490 e. The zero-order chi connectivity index (χ0) is 34.1. The van der Waals surface area contributed by atoms with Crippen LogP contribution in [0.15, 0.2) is 67.1 Å². The molecule has 1 aromatic heterocycles. The quantitative estimate of drug-likeness (QED) is 0.247. The zero-order valence-corrected chi connectivity index (χ0v) is 29.4. The van der Waals surface area contributed by atoms with Gasteiger partial charge in [0.05, 0.1) is 23.1 Å². The number of nitrogens with one attached hydrogen (secondary N) is 1. The molecule has 2 N–H and O–H groups in total. The van der Waals surface area contributed by atoms with E-state index in [-0.39, 0.29) is 22.8 Å². The van der Waals surface area contributed by atoms with Crippen LogP contribution in [0.4, 0.5) is 5.69 Å². The van der Waals surface area contributed by atoms with Gasteiger partial charge in [0.25, 0.3) is 5.91 Å². The maximum Gasteiger partial charge on any atom is 0.264 e. The second-order valence-corrected chi connectivity index (χ2v) is 16.6. The van der Waals surface area contributed by atoms with Crippen molar-refractivity contribution in [1.82, 2.24) is 14.7 Å². The Labute approximate surface area is 288 Å². The van der Waals surface area contributed by atoms with Crippen molar-refractivity contribution in [2.24, 2.45) is 11.8 Å². The van der Waals surface area contributed by atoms with E-state index in [9.17, 15) is 18.3 Å². The average Bonchev–Trinajstić information content (AvgIpc) is 3.19. The number of rotatable bonds is 10. The maximum atomic E-state index is 13.3. The van der Waals surface area contributed by atoms with Crippen molar-refractivity contribution in [3.05, 3.63) is 94.5 Å². The Morgan fingerprint density at radius 2 is 2.06 bits per heavy atom. The van der Waals surface area contributed by atoms with Crippen LogP contribution < -0.4 is 14.4 Å². The minimum Gasteiger partial charge on any atom is -0.490 e. The summed E-state index contributed by atoms with van der Waals surface area (Å²) in [6.45, 7) is 6.86. The normalized spacial score (nSPS) is 23.5. The van der Waals surface area contributed by atoms with Gasteiger partial charge in [0, 0.05) is 47.4 Å². The number of ether oxygens (including phenoxy) is 1. The van der Waals surface area contributed by atoms with E-state index in [1.54, 1.807) is 24.4 Å². The molecule has 1 saturated carbocycles. The van der Waals surface area contributed by atoms with E-state index in [1.807, 2.05) is 24.3 Å². The molecule has 3 aliphatic rings. The number of hydrogen-bond acceptors (Lipinski definition) is 8. The summed E-state index contributed by atoms with van der Waals surface area (Å²) >= 11 is 6.44. The molecule has 4 atom stereocenters. The molecule has 6 rings (SSSR count). The fourth-order valence-electron chi connectivity index (χ4n) is 7.64. The molecular weight excluding hydrogens is 648 g/mol. The molecule has 2 aromatic carbocycles. The highest BCUT2D eigenvalue weighted by molar-refractivity contribution is 7.90. The predicted octanol–water partition coefficient (Wildman–Crippen LogP) is 6.04. The van der Waals surface area contributed by atoms with Gasteiger partial charge in [-0.2, -0.15) is 0 Å². The lowest BCUT2D eigenvalue weighted by molar-refractivity contribution is -0.0452. The molecule has 1 amide bonds. The van der Waals surface area contributed by atoms with E-state index in [2.05, 4.69) is 38.6 Å². The molecule has 0 saturated heterocycles. The summed E-state index contributed by atoms with van der Waals surface area (Å²) in [6.07, 6.45) is 13.1. The van der Waals surface area contributed by atoms with Crippen molar-refractivity contribution in [3.8, 4) is 5.75 Å². The lowest BCUT2D eigenvalue weighted by Crippen LogP contribution is -2.53. The number of nitrogens with zero attached hydrogens (tertiary/aromatic N) is 3. The van der Waals surface area contributed by atoms with Crippen LogP contribution in [0.5, 0.6) is 5.75 Å². The molecule has 0 radical (unpaired) electrons. The van der Waals surface area contributed by atoms with Gasteiger partial charge in [-0.1, -0.05) is 36.7 Å². The van der Waals surface area contributed by atoms with Gasteiger partial charge in [-0.3, -0.25) is 4.79 Å². The molecule has 11 heteroatoms. The second kappa shape index (κ2) is 13.8. The van der Waals surface area contributed by atoms with Gasteiger partial charge >= 0.3 is 0 Å². The SMILES string of the molecule is CC/C=C/[C@](O)(Cc1ccncn1)[C@@H]1CC[C@H]1CN1C[C@@]2(CCCc3cc(Cl)ccc32)COc2ccc(C(=O)NS(=O)(=O)C(C)C)cc21. The summed E-state index contributed by atoms with van der Waals surface area (Å²) in [5.74, 6) is 0.107. The third-order valence-electron chi connectivity index (χ3n) is 10.4. The van der Waals surface area contributed by atoms with E-state index >= 15 is 0 Å². The van der Waals surface area contributed by atoms with Crippen LogP contribution in [0.2, 0.25) is 5.02 Å². The molecule has 1 spiro atoms. The van der Waals surface area contributed by atoms with Gasteiger partial charge in [0.15, 0.2) is 0 Å². The lowest BCUT2D eigenvalue weighted by Gasteiger charge is -2.49. The fourth-order valence-corrected chi connectivity index (χ4v) is 8.45. The molecule has 1 fully saturated rings. The first-order valence-corrected chi connectivity index (χ1v) is 18.9. The number of hydrogen-bond donors (Lipinski definition) is 2. The molecule has 9 nitrogen and oxygen atoms in total. The molecule has 48 heavy (non-hydrogen) atoms. The third kappa shape index (κ3) is 6.98. The summed E-state index contributed by atoms with van der Waals surface area (Å²) in [4.78, 5) is 24.0. The predicted molar refractivity (Wildman–Crippen MR) is 188 cm³/mol. The Morgan fingerprint density at radius 1 is 1.23 bits per heavy atom. The van der Waals surface area contributed by atoms with Crippen molar-refractivity contribution in [2.45, 2.75) is 82.0 Å². The summed E-state index contributed by atoms with van der Waals surface area (Å²) in [7, 11) is -3.82. The molecule has 0 unspecified atom stereocenters. The number of carbonyl (C=O) groups is 1. The Morgan fingerprint density at radius 3 is 2.77 bits per heavy atom. The lowest BCUT2D eigenvalue weighted by atomic mass is 9.63. The molecule has 1 aliphatic heterocycles. The third-order valence-corrected chi connectivity index (χ3v) is 12.4. The highest BCUT2D eigenvalue weighted by Gasteiger charge is 2.48. The first kappa shape index (κ1) is 34.4. The summed E-state index contributed by atoms with van der Waals surface area (Å²) in [6, 6.07) is 13.1. The Kier molecular flexibility index (Phi) is 9.89. The van der Waals surface area contributed by atoms with Gasteiger partial charge in [-0.05, 0) is 112 Å². The number of aryl methyl sites for hydroxylation is 1. The van der Waals surface area contributed by atoms with E-state index in [1.165, 1.54) is 31.3 Å². The number of allylic oxidation sites excluding steroid dienone is 1. The number of carbonyl (C=O) groups excluding carboxylic acids is 1. The summed E-state index contributed by atoms with van der Waals surface area (Å²) < 4.78 is 34.0. The van der Waals surface area contributed by atoms with E-state index in [4.69, 9.17) is 16.3 Å². The van der Waals surface area contributed by atoms with Crippen LogP contribution in [0.25, 0.3) is 0 Å². The van der Waals surface area contributed by atoms with Gasteiger partial charge < -0.3 is 14.7 Å². The second-order valence-electron chi connectivity index (χ2n) is 13.9. The summed E-state index contributed by atoms with van der Waals surface area (Å²) in [5, 5.41) is 12.2. The molecule has 3 aromatic rings. The van der Waals surface area contributed by atoms with Crippen LogP contribution in [0, 0.1) is 11.8 Å². The molecule has 0 bridgehead atoms. The zero-order valence-electron chi connectivity index (χ0n) is 27.9. The number of sulfonamides is 1. The minimum absolute atomic E-state index is 0.0149. The smallest absolute Gasteiger partial charge is 0.264 e. The highest BCUT2D eigenvalue weighted by atomic mass is 35.5. The number of fused-ring (bicyclic) bond motifs is 3. The first-order valence-electron chi connectivity index (χ1n) is 16.9. The van der Waals surface area contributed by atoms with Gasteiger partial charge in [0.1, 0.15) is 12.1 Å². The number of amides is 1. The maximum absolute atomic E-state index is 13.3. The van der Waals surface area contributed by atoms with Crippen molar-refractivity contribution >= 4 is 33.2 Å². The van der Waals surface area contributed by atoms with Gasteiger partial charge in [-0.25, -0.2) is 23.1 Å². The summed E-state index contributed by atoms with van der Waals surface area (Å²) in [5.41, 5.74) is 2.83. The average molecular weight is 693 g/mol. The number of aromatic nitrogens is 2. The van der Waals surface area contributed by atoms with E-state index < -0.39 is 26.8 Å². The Balaban J connectivity index is 1.37. The number of aliphatic hydroxyl groups is 1. The highest BCUT2D eigenvalue weighted by Crippen LogP contribution is 2.48. The monoisotopic (exact) mass is 692 g/mol. The van der Waals surface area contributed by atoms with Crippen molar-refractivity contribution in [1.29, 1.82) is 0 Å². The number of halogens is 1. The standard InChI is InChI=1S/C37H45ClN4O5S/c1-4-5-16-37(44,20-30-14-17-39-24-40-30)32-11-8-28(32)21-42-22-36(15-6-7-26-18-29(38)10-12-31(26)36)23-47-34-13-9-27(19-33(34)42)35(43)41-48(45,46)25(2)3/h5,9-10,12-14,16-19,24-25,28,32,44H,4,6-8,11,15,20-23H2,1-3H3,(H,41,43)/b16-5+/t28-,32+,36-,37-/m0/s1. The van der Waals surface area contributed by atoms with Crippen molar-refractivity contribution in [2.75, 3.05) is 24.6 Å². The van der Waals surface area contributed by atoms with Crippen LogP contribution in [-0.4, -0.2) is 59.9 Å².